The summed E-state index contributed by atoms with van der Waals surface area (Å²) in [6, 6.07) is 11.8. The molecule has 150 valence electrons. The topological polar surface area (TPSA) is 71.1 Å². The van der Waals surface area contributed by atoms with E-state index in [1.165, 1.54) is 23.5 Å². The average molecular weight is 412 g/mol. The maximum absolute atomic E-state index is 13.1. The number of thiazole rings is 1. The number of carbonyl (C=O) groups excluding carboxylic acids is 2. The van der Waals surface area contributed by atoms with Crippen LogP contribution in [0.5, 0.6) is 0 Å². The van der Waals surface area contributed by atoms with Crippen LogP contribution in [0.4, 0.5) is 10.1 Å². The van der Waals surface area contributed by atoms with Gasteiger partial charge < -0.3 is 10.6 Å². The summed E-state index contributed by atoms with van der Waals surface area (Å²) in [7, 11) is 0. The number of aromatic nitrogens is 1. The summed E-state index contributed by atoms with van der Waals surface area (Å²) in [5.74, 6) is -1.66. The zero-order valence-corrected chi connectivity index (χ0v) is 17.3. The van der Waals surface area contributed by atoms with Gasteiger partial charge in [0, 0.05) is 29.1 Å². The number of rotatable bonds is 5. The van der Waals surface area contributed by atoms with Crippen molar-refractivity contribution in [3.05, 3.63) is 70.0 Å². The van der Waals surface area contributed by atoms with Crippen LogP contribution in [0, 0.1) is 26.6 Å². The first kappa shape index (κ1) is 20.7. The molecule has 3 aromatic rings. The number of nitrogens with one attached hydrogen (secondary N) is 2. The minimum Gasteiger partial charge on any atom is -0.347 e. The molecule has 7 heteroatoms. The first-order chi connectivity index (χ1) is 13.8. The molecule has 0 spiro atoms. The third kappa shape index (κ3) is 5.48. The van der Waals surface area contributed by atoms with E-state index in [-0.39, 0.29) is 5.82 Å². The highest BCUT2D eigenvalue weighted by Gasteiger charge is 2.15. The molecule has 5 nitrogen and oxygen atoms in total. The quantitative estimate of drug-likeness (QED) is 0.619. The van der Waals surface area contributed by atoms with Gasteiger partial charge in [-0.3, -0.25) is 9.59 Å². The zero-order chi connectivity index (χ0) is 21.0. The number of hydrogen-bond donors (Lipinski definition) is 2. The van der Waals surface area contributed by atoms with Gasteiger partial charge in [-0.1, -0.05) is 6.07 Å². The number of anilines is 1. The first-order valence-corrected chi connectivity index (χ1v) is 10.0. The summed E-state index contributed by atoms with van der Waals surface area (Å²) in [6.07, 6.45) is 0.563. The second-order valence-corrected chi connectivity index (χ2v) is 7.95. The number of carbonyl (C=O) groups is 2. The molecule has 0 radical (unpaired) electrons. The van der Waals surface area contributed by atoms with E-state index in [0.29, 0.717) is 18.7 Å². The maximum atomic E-state index is 13.1. The Kier molecular flexibility index (Phi) is 6.39. The molecule has 0 fully saturated rings. The van der Waals surface area contributed by atoms with Gasteiger partial charge in [0.05, 0.1) is 5.69 Å². The van der Waals surface area contributed by atoms with Crippen LogP contribution in [0.1, 0.15) is 21.7 Å². The number of benzene rings is 2. The van der Waals surface area contributed by atoms with E-state index >= 15 is 0 Å². The van der Waals surface area contributed by atoms with E-state index in [9.17, 15) is 14.0 Å². The van der Waals surface area contributed by atoms with Crippen LogP contribution < -0.4 is 10.6 Å². The Morgan fingerprint density at radius 2 is 1.66 bits per heavy atom. The van der Waals surface area contributed by atoms with Crippen molar-refractivity contribution in [1.29, 1.82) is 0 Å². The van der Waals surface area contributed by atoms with Crippen molar-refractivity contribution in [3.8, 4) is 10.6 Å². The van der Waals surface area contributed by atoms with Crippen molar-refractivity contribution >= 4 is 28.8 Å². The molecule has 0 saturated carbocycles. The minimum absolute atomic E-state index is 0.288. The highest BCUT2D eigenvalue weighted by molar-refractivity contribution is 7.15. The number of amides is 2. The van der Waals surface area contributed by atoms with Crippen LogP contribution in [-0.4, -0.2) is 23.3 Å². The molecule has 2 N–H and O–H groups in total. The van der Waals surface area contributed by atoms with Gasteiger partial charge >= 0.3 is 11.8 Å². The van der Waals surface area contributed by atoms with Gasteiger partial charge in [-0.25, -0.2) is 9.37 Å². The van der Waals surface area contributed by atoms with Crippen LogP contribution in [0.3, 0.4) is 0 Å². The molecule has 0 aliphatic carbocycles. The molecule has 0 bridgehead atoms. The smallest absolute Gasteiger partial charge is 0.313 e. The molecule has 0 saturated heterocycles. The van der Waals surface area contributed by atoms with Crippen LogP contribution in [0.25, 0.3) is 10.6 Å². The third-order valence-corrected chi connectivity index (χ3v) is 5.57. The number of hydrogen-bond acceptors (Lipinski definition) is 4. The lowest BCUT2D eigenvalue weighted by molar-refractivity contribution is -0.136. The fourth-order valence-electron chi connectivity index (χ4n) is 2.98. The Balaban J connectivity index is 1.54. The molecular formula is C22H22FN3O2S. The Labute approximate surface area is 173 Å². The SMILES string of the molecule is Cc1cc(C)cc(NC(=O)C(=O)NCCc2sc(-c3ccc(F)cc3)nc2C)c1. The minimum atomic E-state index is -0.692. The van der Waals surface area contributed by atoms with E-state index in [4.69, 9.17) is 0 Å². The molecule has 0 atom stereocenters. The Bertz CT molecular complexity index is 1020. The summed E-state index contributed by atoms with van der Waals surface area (Å²) >= 11 is 1.50. The van der Waals surface area contributed by atoms with E-state index in [1.54, 1.807) is 12.1 Å². The predicted octanol–water partition coefficient (Wildman–Crippen LogP) is 4.17. The molecule has 2 amide bonds. The van der Waals surface area contributed by atoms with Crippen molar-refractivity contribution in [1.82, 2.24) is 10.3 Å². The lowest BCUT2D eigenvalue weighted by Crippen LogP contribution is -2.36. The van der Waals surface area contributed by atoms with Gasteiger partial charge in [-0.2, -0.15) is 0 Å². The van der Waals surface area contributed by atoms with Gasteiger partial charge in [0.25, 0.3) is 0 Å². The van der Waals surface area contributed by atoms with Crippen molar-refractivity contribution in [2.24, 2.45) is 0 Å². The molecule has 1 heterocycles. The molecule has 29 heavy (non-hydrogen) atoms. The highest BCUT2D eigenvalue weighted by Crippen LogP contribution is 2.28. The summed E-state index contributed by atoms with van der Waals surface area (Å²) < 4.78 is 13.1. The summed E-state index contributed by atoms with van der Waals surface area (Å²) in [5.41, 5.74) is 4.34. The van der Waals surface area contributed by atoms with Crippen LogP contribution in [0.2, 0.25) is 0 Å². The molecular weight excluding hydrogens is 389 g/mol. The second kappa shape index (κ2) is 8.96. The fourth-order valence-corrected chi connectivity index (χ4v) is 4.05. The van der Waals surface area contributed by atoms with Crippen molar-refractivity contribution < 1.29 is 14.0 Å². The standard InChI is InChI=1S/C22H22FN3O2S/c1-13-10-14(2)12-18(11-13)26-21(28)20(27)24-9-8-19-15(3)25-22(29-19)16-4-6-17(23)7-5-16/h4-7,10-12H,8-9H2,1-3H3,(H,24,27)(H,26,28). The molecule has 0 unspecified atom stereocenters. The Hall–Kier alpha value is -3.06. The molecule has 0 aliphatic heterocycles. The van der Waals surface area contributed by atoms with E-state index in [2.05, 4.69) is 15.6 Å². The molecule has 2 aromatic carbocycles. The zero-order valence-electron chi connectivity index (χ0n) is 16.5. The largest absolute Gasteiger partial charge is 0.347 e. The van der Waals surface area contributed by atoms with Crippen molar-refractivity contribution in [2.45, 2.75) is 27.2 Å². The predicted molar refractivity (Wildman–Crippen MR) is 114 cm³/mol. The monoisotopic (exact) mass is 411 g/mol. The number of halogens is 1. The Morgan fingerprint density at radius 3 is 2.31 bits per heavy atom. The highest BCUT2D eigenvalue weighted by atomic mass is 32.1. The van der Waals surface area contributed by atoms with E-state index in [1.807, 2.05) is 39.0 Å². The van der Waals surface area contributed by atoms with Gasteiger partial charge in [0.2, 0.25) is 0 Å². The fraction of sp³-hybridized carbons (Fsp3) is 0.227. The summed E-state index contributed by atoms with van der Waals surface area (Å²) in [5, 5.41) is 6.07. The van der Waals surface area contributed by atoms with Crippen molar-refractivity contribution in [3.63, 3.8) is 0 Å². The molecule has 0 aliphatic rings. The molecule has 3 rings (SSSR count). The Morgan fingerprint density at radius 1 is 1.00 bits per heavy atom. The van der Waals surface area contributed by atoms with Gasteiger partial charge in [-0.05, 0) is 68.3 Å². The van der Waals surface area contributed by atoms with Gasteiger partial charge in [0.1, 0.15) is 10.8 Å². The lowest BCUT2D eigenvalue weighted by Gasteiger charge is -2.08. The van der Waals surface area contributed by atoms with Crippen molar-refractivity contribution in [2.75, 3.05) is 11.9 Å². The third-order valence-electron chi connectivity index (χ3n) is 4.31. The lowest BCUT2D eigenvalue weighted by atomic mass is 10.1. The summed E-state index contributed by atoms with van der Waals surface area (Å²) in [6.45, 7) is 6.08. The molecule has 1 aromatic heterocycles. The van der Waals surface area contributed by atoms with Gasteiger partial charge in [0.15, 0.2) is 0 Å². The van der Waals surface area contributed by atoms with Crippen LogP contribution >= 0.6 is 11.3 Å². The van der Waals surface area contributed by atoms with Crippen LogP contribution in [-0.2, 0) is 16.0 Å². The van der Waals surface area contributed by atoms with Gasteiger partial charge in [-0.15, -0.1) is 11.3 Å². The van der Waals surface area contributed by atoms with E-state index < -0.39 is 11.8 Å². The first-order valence-electron chi connectivity index (χ1n) is 9.21. The normalized spacial score (nSPS) is 10.6. The second-order valence-electron chi connectivity index (χ2n) is 6.87. The number of nitrogens with zero attached hydrogens (tertiary/aromatic N) is 1. The van der Waals surface area contributed by atoms with E-state index in [0.717, 1.165) is 32.3 Å². The summed E-state index contributed by atoms with van der Waals surface area (Å²) in [4.78, 5) is 29.7. The maximum Gasteiger partial charge on any atom is 0.313 e. The number of aryl methyl sites for hydroxylation is 3. The van der Waals surface area contributed by atoms with Crippen LogP contribution in [0.15, 0.2) is 42.5 Å². The average Bonchev–Trinajstić information content (AvgIpc) is 3.02.